The molecule has 0 unspecified atom stereocenters. The average Bonchev–Trinajstić information content (AvgIpc) is 2.34. The fraction of sp³-hybridized carbons (Fsp3) is 0.273. The zero-order valence-corrected chi connectivity index (χ0v) is 10.8. The van der Waals surface area contributed by atoms with Crippen molar-refractivity contribution in [1.29, 1.82) is 0 Å². The van der Waals surface area contributed by atoms with Crippen LogP contribution >= 0.6 is 11.8 Å². The maximum atomic E-state index is 11.5. The molecule has 0 spiro atoms. The van der Waals surface area contributed by atoms with E-state index in [4.69, 9.17) is 10.8 Å². The van der Waals surface area contributed by atoms with E-state index in [1.54, 1.807) is 0 Å². The van der Waals surface area contributed by atoms with Crippen molar-refractivity contribution in [2.45, 2.75) is 6.42 Å². The second-order valence-corrected chi connectivity index (χ2v) is 4.66. The second-order valence-electron chi connectivity index (χ2n) is 3.55. The highest BCUT2D eigenvalue weighted by molar-refractivity contribution is 7.99. The molecule has 0 fully saturated rings. The third kappa shape index (κ3) is 5.87. The lowest BCUT2D eigenvalue weighted by Gasteiger charge is -2.04. The monoisotopic (exact) mass is 283 g/mol. The number of carbonyl (C=O) groups excluding carboxylic acids is 2. The highest BCUT2D eigenvalue weighted by Crippen LogP contribution is 2.08. The van der Waals surface area contributed by atoms with Gasteiger partial charge in [-0.2, -0.15) is 11.8 Å². The molecule has 1 aromatic rings. The van der Waals surface area contributed by atoms with Crippen LogP contribution in [-0.4, -0.2) is 39.4 Å². The number of aromatic carboxylic acids is 1. The van der Waals surface area contributed by atoms with E-state index in [1.165, 1.54) is 30.1 Å². The number of hydrogen-bond donors (Lipinski definition) is 3. The Morgan fingerprint density at radius 3 is 2.79 bits per heavy atom. The van der Waals surface area contributed by atoms with Crippen LogP contribution in [0, 0.1) is 0 Å². The molecule has 0 radical (unpaired) electrons. The van der Waals surface area contributed by atoms with Crippen molar-refractivity contribution in [3.63, 3.8) is 0 Å². The molecule has 4 N–H and O–H groups in total. The van der Waals surface area contributed by atoms with E-state index in [2.05, 4.69) is 10.3 Å². The Bertz CT molecular complexity index is 493. The van der Waals surface area contributed by atoms with Gasteiger partial charge in [-0.3, -0.25) is 9.59 Å². The molecule has 1 aromatic heterocycles. The van der Waals surface area contributed by atoms with Gasteiger partial charge in [0.15, 0.2) is 0 Å². The van der Waals surface area contributed by atoms with Gasteiger partial charge in [0, 0.05) is 18.4 Å². The number of carboxylic acids is 1. The van der Waals surface area contributed by atoms with Gasteiger partial charge in [-0.25, -0.2) is 9.78 Å². The summed E-state index contributed by atoms with van der Waals surface area (Å²) in [6, 6.07) is 2.61. The fourth-order valence-corrected chi connectivity index (χ4v) is 1.85. The van der Waals surface area contributed by atoms with Gasteiger partial charge < -0.3 is 16.2 Å². The van der Waals surface area contributed by atoms with E-state index >= 15 is 0 Å². The first-order valence-corrected chi connectivity index (χ1v) is 6.49. The number of pyridine rings is 1. The van der Waals surface area contributed by atoms with Crippen molar-refractivity contribution in [3.8, 4) is 0 Å². The molecule has 0 aliphatic carbocycles. The number of primary amides is 1. The smallest absolute Gasteiger partial charge is 0.335 e. The van der Waals surface area contributed by atoms with Crippen molar-refractivity contribution >= 4 is 35.4 Å². The normalized spacial score (nSPS) is 9.89. The predicted octanol–water partition coefficient (Wildman–Crippen LogP) is 0.327. The minimum Gasteiger partial charge on any atom is -0.478 e. The molecule has 0 saturated carbocycles. The Morgan fingerprint density at radius 1 is 1.42 bits per heavy atom. The number of amides is 2. The average molecular weight is 283 g/mol. The lowest BCUT2D eigenvalue weighted by molar-refractivity contribution is -0.116. The summed E-state index contributed by atoms with van der Waals surface area (Å²) in [6.45, 7) is 0. The number of thioether (sulfide) groups is 1. The predicted molar refractivity (Wildman–Crippen MR) is 71.0 cm³/mol. The molecule has 1 heterocycles. The lowest BCUT2D eigenvalue weighted by Crippen LogP contribution is -2.16. The number of carbonyl (C=O) groups is 3. The van der Waals surface area contributed by atoms with Crippen LogP contribution in [-0.2, 0) is 9.59 Å². The molecule has 0 bridgehead atoms. The van der Waals surface area contributed by atoms with Gasteiger partial charge in [0.25, 0.3) is 0 Å². The number of nitrogens with zero attached hydrogens (tertiary/aromatic N) is 1. The van der Waals surface area contributed by atoms with Crippen LogP contribution in [0.2, 0.25) is 0 Å². The van der Waals surface area contributed by atoms with E-state index < -0.39 is 11.9 Å². The molecule has 0 aliphatic heterocycles. The molecule has 0 aliphatic rings. The number of hydrogen-bond acceptors (Lipinski definition) is 5. The topological polar surface area (TPSA) is 122 Å². The SMILES string of the molecule is NC(=O)CSCCC(=O)Nc1cc(C(=O)O)ccn1. The zero-order chi connectivity index (χ0) is 14.3. The Labute approximate surface area is 113 Å². The molecule has 102 valence electrons. The van der Waals surface area contributed by atoms with Crippen molar-refractivity contribution in [3.05, 3.63) is 23.9 Å². The standard InChI is InChI=1S/C11H13N3O4S/c12-8(15)6-19-4-2-10(16)14-9-5-7(11(17)18)1-3-13-9/h1,3,5H,2,4,6H2,(H2,12,15)(H,17,18)(H,13,14,16). The van der Waals surface area contributed by atoms with Crippen molar-refractivity contribution < 1.29 is 19.5 Å². The lowest BCUT2D eigenvalue weighted by atomic mass is 10.2. The minimum absolute atomic E-state index is 0.0494. The summed E-state index contributed by atoms with van der Waals surface area (Å²) in [5, 5.41) is 11.3. The van der Waals surface area contributed by atoms with Crippen LogP contribution < -0.4 is 11.1 Å². The van der Waals surface area contributed by atoms with E-state index in [9.17, 15) is 14.4 Å². The summed E-state index contributed by atoms with van der Waals surface area (Å²) in [5.41, 5.74) is 5.00. The number of nitrogens with two attached hydrogens (primary N) is 1. The number of rotatable bonds is 7. The first-order valence-electron chi connectivity index (χ1n) is 5.34. The molecule has 8 heteroatoms. The van der Waals surface area contributed by atoms with Crippen molar-refractivity contribution in [2.24, 2.45) is 5.73 Å². The largest absolute Gasteiger partial charge is 0.478 e. The highest BCUT2D eigenvalue weighted by atomic mass is 32.2. The number of anilines is 1. The first kappa shape index (κ1) is 15.0. The van der Waals surface area contributed by atoms with E-state index in [-0.39, 0.29) is 29.5 Å². The van der Waals surface area contributed by atoms with E-state index in [0.717, 1.165) is 0 Å². The van der Waals surface area contributed by atoms with Gasteiger partial charge in [0.2, 0.25) is 11.8 Å². The Morgan fingerprint density at radius 2 is 2.16 bits per heavy atom. The number of nitrogens with one attached hydrogen (secondary N) is 1. The van der Waals surface area contributed by atoms with Crippen molar-refractivity contribution in [2.75, 3.05) is 16.8 Å². The fourth-order valence-electron chi connectivity index (χ4n) is 1.17. The van der Waals surface area contributed by atoms with Crippen LogP contribution in [0.5, 0.6) is 0 Å². The summed E-state index contributed by atoms with van der Waals surface area (Å²) in [4.78, 5) is 36.5. The molecule has 0 aromatic carbocycles. The Kier molecular flexibility index (Phi) is 5.80. The number of aromatic nitrogens is 1. The molecule has 19 heavy (non-hydrogen) atoms. The molecule has 7 nitrogen and oxygen atoms in total. The molecule has 1 rings (SSSR count). The molecular formula is C11H13N3O4S. The maximum absolute atomic E-state index is 11.5. The van der Waals surface area contributed by atoms with E-state index in [0.29, 0.717) is 5.75 Å². The Hall–Kier alpha value is -2.09. The van der Waals surface area contributed by atoms with Gasteiger partial charge in [0.1, 0.15) is 5.82 Å². The maximum Gasteiger partial charge on any atom is 0.335 e. The zero-order valence-electron chi connectivity index (χ0n) is 9.96. The van der Waals surface area contributed by atoms with Gasteiger partial charge >= 0.3 is 5.97 Å². The first-order chi connectivity index (χ1) is 8.99. The van der Waals surface area contributed by atoms with Crippen LogP contribution in [0.1, 0.15) is 16.8 Å². The van der Waals surface area contributed by atoms with Gasteiger partial charge in [-0.15, -0.1) is 0 Å². The van der Waals surface area contributed by atoms with Crippen molar-refractivity contribution in [1.82, 2.24) is 4.98 Å². The van der Waals surface area contributed by atoms with Crippen LogP contribution in [0.25, 0.3) is 0 Å². The highest BCUT2D eigenvalue weighted by Gasteiger charge is 2.07. The number of carboxylic acid groups (broad SMARTS) is 1. The van der Waals surface area contributed by atoms with Gasteiger partial charge in [-0.1, -0.05) is 0 Å². The summed E-state index contributed by atoms with van der Waals surface area (Å²) in [5.74, 6) is -1.01. The molecule has 2 amide bonds. The summed E-state index contributed by atoms with van der Waals surface area (Å²) >= 11 is 1.26. The second kappa shape index (κ2) is 7.37. The van der Waals surface area contributed by atoms with Gasteiger partial charge in [0.05, 0.1) is 11.3 Å². The van der Waals surface area contributed by atoms with Crippen LogP contribution in [0.4, 0.5) is 5.82 Å². The third-order valence-corrected chi connectivity index (χ3v) is 2.97. The molecule has 0 saturated heterocycles. The third-order valence-electron chi connectivity index (χ3n) is 1.99. The Balaban J connectivity index is 2.42. The molecular weight excluding hydrogens is 270 g/mol. The summed E-state index contributed by atoms with van der Waals surface area (Å²) in [7, 11) is 0. The quantitative estimate of drug-likeness (QED) is 0.620. The van der Waals surface area contributed by atoms with E-state index in [1.807, 2.05) is 0 Å². The van der Waals surface area contributed by atoms with Crippen LogP contribution in [0.3, 0.4) is 0 Å². The molecule has 0 atom stereocenters. The van der Waals surface area contributed by atoms with Gasteiger partial charge in [-0.05, 0) is 12.1 Å². The summed E-state index contributed by atoms with van der Waals surface area (Å²) in [6.07, 6.45) is 1.50. The minimum atomic E-state index is -1.09. The van der Waals surface area contributed by atoms with Crippen LogP contribution in [0.15, 0.2) is 18.3 Å². The summed E-state index contributed by atoms with van der Waals surface area (Å²) < 4.78 is 0.